The molecule has 1 saturated heterocycles. The molecule has 0 unspecified atom stereocenters. The van der Waals surface area contributed by atoms with Crippen molar-refractivity contribution in [1.82, 2.24) is 0 Å². The normalized spacial score (nSPS) is 19.2. The fourth-order valence-electron chi connectivity index (χ4n) is 1.71. The third-order valence-corrected chi connectivity index (χ3v) is 3.93. The summed E-state index contributed by atoms with van der Waals surface area (Å²) in [4.78, 5) is 1.25. The standard InChI is InChI=1S/C12H14O3S/c1-2-11-12(15-4-3-14-11)5-10(1)16-8-9-6-13-7-9/h1-2,5,9H,3-4,6-8H2. The third kappa shape index (κ3) is 2.13. The summed E-state index contributed by atoms with van der Waals surface area (Å²) in [5.41, 5.74) is 0. The first kappa shape index (κ1) is 10.3. The van der Waals surface area contributed by atoms with E-state index in [9.17, 15) is 0 Å². The number of benzene rings is 1. The van der Waals surface area contributed by atoms with Crippen molar-refractivity contribution >= 4 is 11.8 Å². The Bertz CT molecular complexity index is 377. The van der Waals surface area contributed by atoms with Crippen LogP contribution in [0.2, 0.25) is 0 Å². The molecule has 3 rings (SSSR count). The Morgan fingerprint density at radius 2 is 1.94 bits per heavy atom. The van der Waals surface area contributed by atoms with E-state index in [2.05, 4.69) is 12.1 Å². The van der Waals surface area contributed by atoms with Gasteiger partial charge in [-0.05, 0) is 18.2 Å². The second kappa shape index (κ2) is 4.55. The van der Waals surface area contributed by atoms with E-state index < -0.39 is 0 Å². The highest BCUT2D eigenvalue weighted by molar-refractivity contribution is 7.99. The van der Waals surface area contributed by atoms with Crippen LogP contribution in [0.3, 0.4) is 0 Å². The maximum absolute atomic E-state index is 5.55. The molecule has 1 aromatic rings. The second-order valence-electron chi connectivity index (χ2n) is 4.02. The van der Waals surface area contributed by atoms with E-state index in [1.807, 2.05) is 17.8 Å². The molecule has 16 heavy (non-hydrogen) atoms. The van der Waals surface area contributed by atoms with Crippen LogP contribution in [-0.2, 0) is 4.74 Å². The first-order valence-corrected chi connectivity index (χ1v) is 6.50. The molecule has 2 aliphatic heterocycles. The molecule has 1 aromatic carbocycles. The zero-order valence-electron chi connectivity index (χ0n) is 8.98. The zero-order valence-corrected chi connectivity index (χ0v) is 9.79. The monoisotopic (exact) mass is 238 g/mol. The maximum atomic E-state index is 5.55. The van der Waals surface area contributed by atoms with Gasteiger partial charge in [-0.1, -0.05) is 0 Å². The van der Waals surface area contributed by atoms with E-state index in [-0.39, 0.29) is 0 Å². The van der Waals surface area contributed by atoms with Gasteiger partial charge in [-0.15, -0.1) is 11.8 Å². The van der Waals surface area contributed by atoms with Crippen LogP contribution in [0.1, 0.15) is 0 Å². The Hall–Kier alpha value is -0.870. The highest BCUT2D eigenvalue weighted by Gasteiger charge is 2.19. The summed E-state index contributed by atoms with van der Waals surface area (Å²) in [6.45, 7) is 3.13. The van der Waals surface area contributed by atoms with Crippen LogP contribution >= 0.6 is 11.8 Å². The Morgan fingerprint density at radius 1 is 1.12 bits per heavy atom. The van der Waals surface area contributed by atoms with Crippen molar-refractivity contribution in [2.45, 2.75) is 4.90 Å². The molecule has 0 amide bonds. The van der Waals surface area contributed by atoms with Gasteiger partial charge in [0, 0.05) is 16.6 Å². The minimum Gasteiger partial charge on any atom is -0.486 e. The first-order chi connectivity index (χ1) is 7.92. The lowest BCUT2D eigenvalue weighted by atomic mass is 10.1. The Labute approximate surface area is 99.1 Å². The molecule has 0 aromatic heterocycles. The number of hydrogen-bond acceptors (Lipinski definition) is 4. The zero-order chi connectivity index (χ0) is 10.8. The van der Waals surface area contributed by atoms with Gasteiger partial charge in [0.15, 0.2) is 11.5 Å². The smallest absolute Gasteiger partial charge is 0.162 e. The van der Waals surface area contributed by atoms with Crippen molar-refractivity contribution in [3.63, 3.8) is 0 Å². The van der Waals surface area contributed by atoms with Gasteiger partial charge in [-0.25, -0.2) is 0 Å². The predicted molar refractivity (Wildman–Crippen MR) is 62.5 cm³/mol. The van der Waals surface area contributed by atoms with Gasteiger partial charge in [-0.2, -0.15) is 0 Å². The van der Waals surface area contributed by atoms with Crippen LogP contribution in [0.4, 0.5) is 0 Å². The van der Waals surface area contributed by atoms with Crippen molar-refractivity contribution < 1.29 is 14.2 Å². The molecule has 0 atom stereocenters. The van der Waals surface area contributed by atoms with Crippen molar-refractivity contribution in [2.75, 3.05) is 32.2 Å². The molecule has 1 fully saturated rings. The number of rotatable bonds is 3. The van der Waals surface area contributed by atoms with Crippen molar-refractivity contribution in [2.24, 2.45) is 5.92 Å². The molecule has 4 heteroatoms. The van der Waals surface area contributed by atoms with E-state index in [1.54, 1.807) is 0 Å². The highest BCUT2D eigenvalue weighted by atomic mass is 32.2. The van der Waals surface area contributed by atoms with Gasteiger partial charge in [0.25, 0.3) is 0 Å². The molecule has 3 nitrogen and oxygen atoms in total. The predicted octanol–water partition coefficient (Wildman–Crippen LogP) is 2.20. The van der Waals surface area contributed by atoms with Gasteiger partial charge in [0.05, 0.1) is 13.2 Å². The fraction of sp³-hybridized carbons (Fsp3) is 0.500. The summed E-state index contributed by atoms with van der Waals surface area (Å²) >= 11 is 1.86. The molecular weight excluding hydrogens is 224 g/mol. The fourth-order valence-corrected chi connectivity index (χ4v) is 2.68. The molecule has 2 heterocycles. The molecule has 0 spiro atoms. The van der Waals surface area contributed by atoms with Crippen LogP contribution in [0, 0.1) is 5.92 Å². The molecule has 2 aliphatic rings. The van der Waals surface area contributed by atoms with Crippen LogP contribution in [0.25, 0.3) is 0 Å². The topological polar surface area (TPSA) is 27.7 Å². The molecule has 0 radical (unpaired) electrons. The largest absolute Gasteiger partial charge is 0.486 e. The lowest BCUT2D eigenvalue weighted by molar-refractivity contribution is -0.0196. The number of fused-ring (bicyclic) bond motifs is 1. The van der Waals surface area contributed by atoms with Gasteiger partial charge in [0.2, 0.25) is 0 Å². The van der Waals surface area contributed by atoms with Gasteiger partial charge in [-0.3, -0.25) is 0 Å². The maximum Gasteiger partial charge on any atom is 0.162 e. The molecule has 0 bridgehead atoms. The van der Waals surface area contributed by atoms with E-state index in [1.165, 1.54) is 4.90 Å². The van der Waals surface area contributed by atoms with Crippen LogP contribution in [0.5, 0.6) is 11.5 Å². The molecule has 86 valence electrons. The van der Waals surface area contributed by atoms with Gasteiger partial charge in [0.1, 0.15) is 13.2 Å². The quantitative estimate of drug-likeness (QED) is 0.754. The minimum atomic E-state index is 0.650. The number of ether oxygens (including phenoxy) is 3. The molecule has 0 N–H and O–H groups in total. The van der Waals surface area contributed by atoms with Crippen LogP contribution in [0.15, 0.2) is 23.1 Å². The number of hydrogen-bond donors (Lipinski definition) is 0. The number of thioether (sulfide) groups is 1. The summed E-state index contributed by atoms with van der Waals surface area (Å²) in [7, 11) is 0. The summed E-state index contributed by atoms with van der Waals surface area (Å²) in [6, 6.07) is 6.16. The summed E-state index contributed by atoms with van der Waals surface area (Å²) < 4.78 is 16.2. The van der Waals surface area contributed by atoms with E-state index in [0.717, 1.165) is 36.4 Å². The second-order valence-corrected chi connectivity index (χ2v) is 5.11. The van der Waals surface area contributed by atoms with Crippen molar-refractivity contribution in [3.8, 4) is 11.5 Å². The third-order valence-electron chi connectivity index (χ3n) is 2.71. The Kier molecular flexibility index (Phi) is 2.93. The van der Waals surface area contributed by atoms with E-state index in [0.29, 0.717) is 13.2 Å². The van der Waals surface area contributed by atoms with E-state index in [4.69, 9.17) is 14.2 Å². The molecule has 0 saturated carbocycles. The molecule has 0 aliphatic carbocycles. The Morgan fingerprint density at radius 3 is 2.69 bits per heavy atom. The summed E-state index contributed by atoms with van der Waals surface area (Å²) in [6.07, 6.45) is 0. The van der Waals surface area contributed by atoms with Gasteiger partial charge >= 0.3 is 0 Å². The van der Waals surface area contributed by atoms with E-state index >= 15 is 0 Å². The highest BCUT2D eigenvalue weighted by Crippen LogP contribution is 2.35. The SMILES string of the molecule is c1cc2c(cc1SCC1COC1)OCCO2. The Balaban J connectivity index is 1.65. The van der Waals surface area contributed by atoms with Crippen molar-refractivity contribution in [3.05, 3.63) is 18.2 Å². The minimum absolute atomic E-state index is 0.650. The summed E-state index contributed by atoms with van der Waals surface area (Å²) in [5, 5.41) is 0. The van der Waals surface area contributed by atoms with Crippen LogP contribution < -0.4 is 9.47 Å². The van der Waals surface area contributed by atoms with Crippen molar-refractivity contribution in [1.29, 1.82) is 0 Å². The van der Waals surface area contributed by atoms with Crippen LogP contribution in [-0.4, -0.2) is 32.2 Å². The summed E-state index contributed by atoms with van der Waals surface area (Å²) in [5.74, 6) is 3.58. The lowest BCUT2D eigenvalue weighted by Gasteiger charge is -2.25. The average Bonchev–Trinajstić information content (AvgIpc) is 2.27. The lowest BCUT2D eigenvalue weighted by Crippen LogP contribution is -2.29. The first-order valence-electron chi connectivity index (χ1n) is 5.52. The molecular formula is C12H14O3S. The van der Waals surface area contributed by atoms with Gasteiger partial charge < -0.3 is 14.2 Å². The average molecular weight is 238 g/mol.